The number of carbonyl (C=O) groups excluding carboxylic acids is 2. The molecule has 0 bridgehead atoms. The van der Waals surface area contributed by atoms with Crippen molar-refractivity contribution < 1.29 is 29.7 Å². The summed E-state index contributed by atoms with van der Waals surface area (Å²) in [6.07, 6.45) is -4.27. The number of carbonyl (C=O) groups is 2. The fraction of sp³-hybridized carbons (Fsp3) is 0.818. The van der Waals surface area contributed by atoms with Gasteiger partial charge in [0.2, 0.25) is 5.91 Å². The highest BCUT2D eigenvalue weighted by atomic mass is 16.7. The second-order valence-corrected chi connectivity index (χ2v) is 4.37. The number of likely N-dealkylation sites (N-methyl/N-ethyl adjacent to an activating group) is 1. The molecule has 8 heteroatoms. The van der Waals surface area contributed by atoms with Crippen LogP contribution in [0.3, 0.4) is 0 Å². The van der Waals surface area contributed by atoms with Crippen LogP contribution in [-0.4, -0.2) is 89.6 Å². The SMILES string of the molecule is CC(=O)N(CCN(C)C)O[C@@H](C=O)[C@H](O)[C@H](O)CO. The van der Waals surface area contributed by atoms with Crippen molar-refractivity contribution in [2.24, 2.45) is 0 Å². The van der Waals surface area contributed by atoms with Crippen molar-refractivity contribution in [3.8, 4) is 0 Å². The minimum atomic E-state index is -1.61. The molecule has 0 saturated heterocycles. The third-order valence-electron chi connectivity index (χ3n) is 2.40. The van der Waals surface area contributed by atoms with E-state index in [0.29, 0.717) is 6.54 Å². The maximum absolute atomic E-state index is 11.3. The average molecular weight is 278 g/mol. The summed E-state index contributed by atoms with van der Waals surface area (Å²) >= 11 is 0. The molecule has 0 rings (SSSR count). The summed E-state index contributed by atoms with van der Waals surface area (Å²) in [6, 6.07) is 0. The average Bonchev–Trinajstić information content (AvgIpc) is 2.36. The molecule has 0 fully saturated rings. The molecule has 0 unspecified atom stereocenters. The van der Waals surface area contributed by atoms with Gasteiger partial charge in [0, 0.05) is 13.5 Å². The van der Waals surface area contributed by atoms with Crippen LogP contribution in [0.2, 0.25) is 0 Å². The lowest BCUT2D eigenvalue weighted by atomic mass is 10.1. The number of rotatable bonds is 9. The number of amides is 1. The van der Waals surface area contributed by atoms with Gasteiger partial charge in [0.25, 0.3) is 0 Å². The molecule has 0 aromatic carbocycles. The third kappa shape index (κ3) is 6.60. The largest absolute Gasteiger partial charge is 0.394 e. The van der Waals surface area contributed by atoms with E-state index in [1.165, 1.54) is 6.92 Å². The molecule has 19 heavy (non-hydrogen) atoms. The van der Waals surface area contributed by atoms with Gasteiger partial charge in [-0.3, -0.25) is 9.63 Å². The summed E-state index contributed by atoms with van der Waals surface area (Å²) in [5.41, 5.74) is 0. The zero-order valence-corrected chi connectivity index (χ0v) is 11.4. The number of hydrogen-bond donors (Lipinski definition) is 3. The highest BCUT2D eigenvalue weighted by Crippen LogP contribution is 2.06. The summed E-state index contributed by atoms with van der Waals surface area (Å²) in [4.78, 5) is 29.1. The van der Waals surface area contributed by atoms with E-state index < -0.39 is 30.8 Å². The van der Waals surface area contributed by atoms with E-state index in [-0.39, 0.29) is 12.8 Å². The summed E-state index contributed by atoms with van der Waals surface area (Å²) in [5, 5.41) is 28.5. The standard InChI is InChI=1S/C11H22N2O6/c1-8(16)13(5-4-12(2)3)19-10(7-15)11(18)9(17)6-14/h7,9-11,14,17-18H,4-6H2,1-3H3/t9-,10+,11-/m1/s1. The third-order valence-corrected chi connectivity index (χ3v) is 2.40. The fourth-order valence-electron chi connectivity index (χ4n) is 1.22. The van der Waals surface area contributed by atoms with Crippen LogP contribution in [0, 0.1) is 0 Å². The quantitative estimate of drug-likeness (QED) is 0.319. The maximum atomic E-state index is 11.3. The molecule has 3 N–H and O–H groups in total. The van der Waals surface area contributed by atoms with Gasteiger partial charge < -0.3 is 25.0 Å². The molecule has 0 aliphatic carbocycles. The van der Waals surface area contributed by atoms with Crippen LogP contribution in [0.5, 0.6) is 0 Å². The number of hydroxylamine groups is 2. The Morgan fingerprint density at radius 3 is 2.26 bits per heavy atom. The molecule has 0 aliphatic heterocycles. The predicted molar refractivity (Wildman–Crippen MR) is 66.0 cm³/mol. The van der Waals surface area contributed by atoms with Crippen LogP contribution in [0.4, 0.5) is 0 Å². The normalized spacial score (nSPS) is 15.9. The Hall–Kier alpha value is -1.06. The van der Waals surface area contributed by atoms with Gasteiger partial charge >= 0.3 is 0 Å². The van der Waals surface area contributed by atoms with Crippen molar-refractivity contribution in [1.29, 1.82) is 0 Å². The van der Waals surface area contributed by atoms with Crippen LogP contribution in [0.1, 0.15) is 6.92 Å². The lowest BCUT2D eigenvalue weighted by Crippen LogP contribution is -2.47. The van der Waals surface area contributed by atoms with Crippen molar-refractivity contribution in [2.75, 3.05) is 33.8 Å². The lowest BCUT2D eigenvalue weighted by molar-refractivity contribution is -0.223. The van der Waals surface area contributed by atoms with Crippen LogP contribution in [0.25, 0.3) is 0 Å². The van der Waals surface area contributed by atoms with Gasteiger partial charge in [-0.25, -0.2) is 5.06 Å². The molecule has 8 nitrogen and oxygen atoms in total. The van der Waals surface area contributed by atoms with Gasteiger partial charge in [-0.05, 0) is 14.1 Å². The minimum Gasteiger partial charge on any atom is -0.394 e. The first-order valence-corrected chi connectivity index (χ1v) is 5.85. The molecular formula is C11H22N2O6. The van der Waals surface area contributed by atoms with Gasteiger partial charge in [-0.15, -0.1) is 0 Å². The number of nitrogens with zero attached hydrogens (tertiary/aromatic N) is 2. The molecule has 0 heterocycles. The molecule has 0 spiro atoms. The Bertz CT molecular complexity index is 286. The van der Waals surface area contributed by atoms with Crippen molar-refractivity contribution >= 4 is 12.2 Å². The second kappa shape index (κ2) is 8.94. The monoisotopic (exact) mass is 278 g/mol. The van der Waals surface area contributed by atoms with E-state index in [0.717, 1.165) is 5.06 Å². The van der Waals surface area contributed by atoms with Crippen molar-refractivity contribution in [3.63, 3.8) is 0 Å². The smallest absolute Gasteiger partial charge is 0.243 e. The molecular weight excluding hydrogens is 256 g/mol. The molecule has 0 aromatic rings. The van der Waals surface area contributed by atoms with Crippen LogP contribution in [-0.2, 0) is 14.4 Å². The van der Waals surface area contributed by atoms with Crippen LogP contribution in [0.15, 0.2) is 0 Å². The van der Waals surface area contributed by atoms with Crippen LogP contribution < -0.4 is 0 Å². The summed E-state index contributed by atoms with van der Waals surface area (Å²) in [5.74, 6) is -0.431. The van der Waals surface area contributed by atoms with E-state index in [4.69, 9.17) is 9.94 Å². The first-order chi connectivity index (χ1) is 8.83. The molecule has 112 valence electrons. The topological polar surface area (TPSA) is 111 Å². The van der Waals surface area contributed by atoms with Gasteiger partial charge in [0.05, 0.1) is 13.2 Å². The van der Waals surface area contributed by atoms with E-state index in [2.05, 4.69) is 0 Å². The molecule has 1 amide bonds. The molecule has 0 aromatic heterocycles. The van der Waals surface area contributed by atoms with Gasteiger partial charge in [-0.2, -0.15) is 0 Å². The first-order valence-electron chi connectivity index (χ1n) is 5.85. The first kappa shape index (κ1) is 17.9. The van der Waals surface area contributed by atoms with Crippen molar-refractivity contribution in [1.82, 2.24) is 9.96 Å². The lowest BCUT2D eigenvalue weighted by Gasteiger charge is -2.28. The Morgan fingerprint density at radius 1 is 1.32 bits per heavy atom. The zero-order valence-electron chi connectivity index (χ0n) is 11.4. The van der Waals surface area contributed by atoms with E-state index in [9.17, 15) is 19.8 Å². The molecule has 0 aliphatic rings. The Balaban J connectivity index is 4.60. The Labute approximate surface area is 112 Å². The highest BCUT2D eigenvalue weighted by molar-refractivity contribution is 5.72. The van der Waals surface area contributed by atoms with Gasteiger partial charge in [0.1, 0.15) is 12.2 Å². The van der Waals surface area contributed by atoms with Crippen LogP contribution >= 0.6 is 0 Å². The number of aldehydes is 1. The molecule has 0 saturated carbocycles. The Kier molecular flexibility index (Phi) is 8.44. The van der Waals surface area contributed by atoms with E-state index in [1.54, 1.807) is 14.1 Å². The van der Waals surface area contributed by atoms with E-state index in [1.807, 2.05) is 4.90 Å². The van der Waals surface area contributed by atoms with Gasteiger partial charge in [-0.1, -0.05) is 0 Å². The number of aliphatic hydroxyl groups is 3. The number of aliphatic hydroxyl groups excluding tert-OH is 3. The van der Waals surface area contributed by atoms with E-state index >= 15 is 0 Å². The number of hydrogen-bond acceptors (Lipinski definition) is 7. The summed E-state index contributed by atoms with van der Waals surface area (Å²) in [6.45, 7) is 1.25. The maximum Gasteiger partial charge on any atom is 0.243 e. The highest BCUT2D eigenvalue weighted by Gasteiger charge is 2.29. The molecule has 0 radical (unpaired) electrons. The minimum absolute atomic E-state index is 0.203. The zero-order chi connectivity index (χ0) is 15.0. The van der Waals surface area contributed by atoms with Gasteiger partial charge in [0.15, 0.2) is 12.4 Å². The Morgan fingerprint density at radius 2 is 1.89 bits per heavy atom. The molecule has 3 atom stereocenters. The summed E-state index contributed by atoms with van der Waals surface area (Å²) in [7, 11) is 3.61. The second-order valence-electron chi connectivity index (χ2n) is 4.37. The fourth-order valence-corrected chi connectivity index (χ4v) is 1.22. The predicted octanol–water partition coefficient (Wildman–Crippen LogP) is -2.39. The van der Waals surface area contributed by atoms with Crippen molar-refractivity contribution in [3.05, 3.63) is 0 Å². The van der Waals surface area contributed by atoms with Crippen molar-refractivity contribution in [2.45, 2.75) is 25.2 Å². The summed E-state index contributed by atoms with van der Waals surface area (Å²) < 4.78 is 0.